The summed E-state index contributed by atoms with van der Waals surface area (Å²) in [7, 11) is 0. The molecule has 2 N–H and O–H groups in total. The molecular formula is C15H22N2O2. The van der Waals surface area contributed by atoms with Crippen molar-refractivity contribution in [3.8, 4) is 0 Å². The Morgan fingerprint density at radius 3 is 2.74 bits per heavy atom. The van der Waals surface area contributed by atoms with E-state index >= 15 is 0 Å². The normalized spacial score (nSPS) is 14.7. The van der Waals surface area contributed by atoms with Gasteiger partial charge in [0.1, 0.15) is 0 Å². The fourth-order valence-electron chi connectivity index (χ4n) is 1.95. The molecule has 4 nitrogen and oxygen atoms in total. The minimum Gasteiger partial charge on any atom is -0.450 e. The lowest BCUT2D eigenvalue weighted by Crippen LogP contribution is -2.40. The molecule has 0 atom stereocenters. The molecule has 0 spiro atoms. The van der Waals surface area contributed by atoms with E-state index in [2.05, 4.69) is 22.8 Å². The Bertz CT molecular complexity index is 377. The zero-order valence-corrected chi connectivity index (χ0v) is 11.2. The first-order valence-corrected chi connectivity index (χ1v) is 7.02. The molecular weight excluding hydrogens is 240 g/mol. The highest BCUT2D eigenvalue weighted by atomic mass is 16.5. The Hall–Kier alpha value is -1.55. The summed E-state index contributed by atoms with van der Waals surface area (Å²) in [6.07, 6.45) is 3.97. The fourth-order valence-corrected chi connectivity index (χ4v) is 1.95. The first-order chi connectivity index (χ1) is 9.34. The van der Waals surface area contributed by atoms with Gasteiger partial charge in [0.2, 0.25) is 0 Å². The van der Waals surface area contributed by atoms with Crippen LogP contribution in [0.25, 0.3) is 0 Å². The first kappa shape index (κ1) is 13.9. The van der Waals surface area contributed by atoms with Gasteiger partial charge in [-0.2, -0.15) is 0 Å². The summed E-state index contributed by atoms with van der Waals surface area (Å²) in [5.41, 5.74) is 1.27. The van der Waals surface area contributed by atoms with Crippen LogP contribution in [0, 0.1) is 0 Å². The van der Waals surface area contributed by atoms with Gasteiger partial charge in [0.05, 0.1) is 6.61 Å². The van der Waals surface area contributed by atoms with Crippen LogP contribution in [0.2, 0.25) is 0 Å². The van der Waals surface area contributed by atoms with Crippen molar-refractivity contribution in [2.24, 2.45) is 0 Å². The molecule has 0 aromatic heterocycles. The van der Waals surface area contributed by atoms with Crippen molar-refractivity contribution < 1.29 is 9.53 Å². The molecule has 1 aromatic carbocycles. The van der Waals surface area contributed by atoms with Gasteiger partial charge in [-0.05, 0) is 37.8 Å². The van der Waals surface area contributed by atoms with Gasteiger partial charge >= 0.3 is 6.09 Å². The van der Waals surface area contributed by atoms with E-state index < -0.39 is 0 Å². The van der Waals surface area contributed by atoms with E-state index in [1.807, 2.05) is 18.2 Å². The van der Waals surface area contributed by atoms with Gasteiger partial charge in [0.25, 0.3) is 0 Å². The maximum Gasteiger partial charge on any atom is 0.407 e. The van der Waals surface area contributed by atoms with Crippen molar-refractivity contribution >= 4 is 6.09 Å². The molecule has 4 heteroatoms. The van der Waals surface area contributed by atoms with Crippen molar-refractivity contribution in [2.45, 2.75) is 38.3 Å². The van der Waals surface area contributed by atoms with Gasteiger partial charge in [-0.3, -0.25) is 0 Å². The van der Waals surface area contributed by atoms with E-state index in [0.29, 0.717) is 12.6 Å². The van der Waals surface area contributed by atoms with Crippen LogP contribution in [-0.4, -0.2) is 25.3 Å². The average molecular weight is 262 g/mol. The number of carbonyl (C=O) groups is 1. The number of carbonyl (C=O) groups excluding carboxylic acids is 1. The third-order valence-corrected chi connectivity index (χ3v) is 3.33. The van der Waals surface area contributed by atoms with Gasteiger partial charge in [0.15, 0.2) is 0 Å². The number of rotatable bonds is 7. The molecule has 1 aliphatic carbocycles. The van der Waals surface area contributed by atoms with E-state index in [1.54, 1.807) is 0 Å². The maximum atomic E-state index is 11.3. The van der Waals surface area contributed by atoms with Crippen LogP contribution in [0.4, 0.5) is 4.79 Å². The van der Waals surface area contributed by atoms with Crippen molar-refractivity contribution in [1.82, 2.24) is 10.6 Å². The van der Waals surface area contributed by atoms with Crippen LogP contribution < -0.4 is 10.6 Å². The Labute approximate surface area is 114 Å². The molecule has 0 saturated heterocycles. The lowest BCUT2D eigenvalue weighted by Gasteiger charge is -2.25. The van der Waals surface area contributed by atoms with Crippen molar-refractivity contribution in [3.63, 3.8) is 0 Å². The zero-order valence-electron chi connectivity index (χ0n) is 11.2. The van der Waals surface area contributed by atoms with Crippen LogP contribution in [0.15, 0.2) is 30.3 Å². The summed E-state index contributed by atoms with van der Waals surface area (Å²) in [5, 5.41) is 6.18. The highest BCUT2D eigenvalue weighted by Crippen LogP contribution is 2.17. The van der Waals surface area contributed by atoms with E-state index in [9.17, 15) is 4.79 Å². The lowest BCUT2D eigenvalue weighted by molar-refractivity contribution is 0.135. The van der Waals surface area contributed by atoms with Gasteiger partial charge in [0, 0.05) is 12.6 Å². The molecule has 0 bridgehead atoms. The molecule has 1 fully saturated rings. The number of ether oxygens (including phenoxy) is 1. The zero-order chi connectivity index (χ0) is 13.3. The molecule has 2 rings (SSSR count). The number of nitrogens with one attached hydrogen (secondary N) is 2. The Morgan fingerprint density at radius 1 is 1.26 bits per heavy atom. The number of hydrogen-bond acceptors (Lipinski definition) is 3. The van der Waals surface area contributed by atoms with E-state index in [-0.39, 0.29) is 6.09 Å². The summed E-state index contributed by atoms with van der Waals surface area (Å²) in [5.74, 6) is 0. The van der Waals surface area contributed by atoms with E-state index in [4.69, 9.17) is 4.74 Å². The smallest absolute Gasteiger partial charge is 0.407 e. The number of hydrogen-bond donors (Lipinski definition) is 2. The van der Waals surface area contributed by atoms with Crippen LogP contribution in [-0.2, 0) is 11.3 Å². The molecule has 0 heterocycles. The largest absolute Gasteiger partial charge is 0.450 e. The maximum absolute atomic E-state index is 11.3. The van der Waals surface area contributed by atoms with Crippen molar-refractivity contribution in [3.05, 3.63) is 35.9 Å². The van der Waals surface area contributed by atoms with E-state index in [1.165, 1.54) is 12.0 Å². The quantitative estimate of drug-likeness (QED) is 0.742. The monoisotopic (exact) mass is 262 g/mol. The lowest BCUT2D eigenvalue weighted by atomic mass is 9.93. The van der Waals surface area contributed by atoms with Gasteiger partial charge in [-0.25, -0.2) is 4.79 Å². The Kier molecular flexibility index (Phi) is 5.69. The molecule has 104 valence electrons. The van der Waals surface area contributed by atoms with E-state index in [0.717, 1.165) is 32.4 Å². The second-order valence-electron chi connectivity index (χ2n) is 4.92. The highest BCUT2D eigenvalue weighted by Gasteiger charge is 2.19. The summed E-state index contributed by atoms with van der Waals surface area (Å²) < 4.78 is 5.11. The summed E-state index contributed by atoms with van der Waals surface area (Å²) >= 11 is 0. The second-order valence-corrected chi connectivity index (χ2v) is 4.92. The first-order valence-electron chi connectivity index (χ1n) is 7.02. The second kappa shape index (κ2) is 7.79. The predicted octanol–water partition coefficient (Wildman–Crippen LogP) is 2.45. The highest BCUT2D eigenvalue weighted by molar-refractivity contribution is 5.67. The SMILES string of the molecule is O=C(NC1CCC1)OCCCNCc1ccccc1. The molecule has 0 aliphatic heterocycles. The number of alkyl carbamates (subject to hydrolysis) is 1. The summed E-state index contributed by atoms with van der Waals surface area (Å²) in [6.45, 7) is 2.18. The average Bonchev–Trinajstić information content (AvgIpc) is 2.39. The molecule has 19 heavy (non-hydrogen) atoms. The fraction of sp³-hybridized carbons (Fsp3) is 0.533. The molecule has 0 radical (unpaired) electrons. The van der Waals surface area contributed by atoms with Crippen molar-refractivity contribution in [1.29, 1.82) is 0 Å². The molecule has 1 aliphatic rings. The topological polar surface area (TPSA) is 50.4 Å². The Balaban J connectivity index is 1.44. The summed E-state index contributed by atoms with van der Waals surface area (Å²) in [6, 6.07) is 10.6. The Morgan fingerprint density at radius 2 is 2.05 bits per heavy atom. The summed E-state index contributed by atoms with van der Waals surface area (Å²) in [4.78, 5) is 11.3. The predicted molar refractivity (Wildman–Crippen MR) is 74.9 cm³/mol. The third kappa shape index (κ3) is 5.30. The van der Waals surface area contributed by atoms with Crippen molar-refractivity contribution in [2.75, 3.05) is 13.2 Å². The number of benzene rings is 1. The molecule has 1 aromatic rings. The molecule has 1 amide bonds. The van der Waals surface area contributed by atoms with Crippen LogP contribution in [0.5, 0.6) is 0 Å². The van der Waals surface area contributed by atoms with Crippen LogP contribution in [0.3, 0.4) is 0 Å². The van der Waals surface area contributed by atoms with Crippen LogP contribution in [0.1, 0.15) is 31.2 Å². The standard InChI is InChI=1S/C15H22N2O2/c18-15(17-14-8-4-9-14)19-11-5-10-16-12-13-6-2-1-3-7-13/h1-3,6-7,14,16H,4-5,8-12H2,(H,17,18). The van der Waals surface area contributed by atoms with Gasteiger partial charge < -0.3 is 15.4 Å². The minimum absolute atomic E-state index is 0.271. The number of amides is 1. The van der Waals surface area contributed by atoms with Gasteiger partial charge in [-0.15, -0.1) is 0 Å². The minimum atomic E-state index is -0.271. The third-order valence-electron chi connectivity index (χ3n) is 3.33. The molecule has 1 saturated carbocycles. The molecule has 0 unspecified atom stereocenters. The van der Waals surface area contributed by atoms with Gasteiger partial charge in [-0.1, -0.05) is 30.3 Å². The van der Waals surface area contributed by atoms with Crippen LogP contribution >= 0.6 is 0 Å².